The number of rotatable bonds is 3. The summed E-state index contributed by atoms with van der Waals surface area (Å²) in [6.45, 7) is 3.99. The highest BCUT2D eigenvalue weighted by molar-refractivity contribution is 7.89. The Morgan fingerprint density at radius 3 is 2.52 bits per heavy atom. The molecular weight excluding hydrogens is 344 g/mol. The fourth-order valence-corrected chi connectivity index (χ4v) is 5.59. The van der Waals surface area contributed by atoms with Crippen LogP contribution in [0, 0.1) is 19.8 Å². The number of sulfonamides is 1. The maximum Gasteiger partial charge on any atom is 0.309 e. The average molecular weight is 366 g/mol. The van der Waals surface area contributed by atoms with E-state index in [1.165, 1.54) is 4.31 Å². The van der Waals surface area contributed by atoms with Crippen LogP contribution in [-0.4, -0.2) is 48.3 Å². The summed E-state index contributed by atoms with van der Waals surface area (Å²) in [7, 11) is -3.64. The molecule has 0 radical (unpaired) electrons. The lowest BCUT2D eigenvalue weighted by molar-refractivity contribution is -0.144. The van der Waals surface area contributed by atoms with E-state index in [2.05, 4.69) is 5.32 Å². The Kier molecular flexibility index (Phi) is 4.36. The normalized spacial score (nSPS) is 23.6. The van der Waals surface area contributed by atoms with E-state index < -0.39 is 27.4 Å². The number of aliphatic carboxylic acids is 1. The molecule has 2 aliphatic heterocycles. The first kappa shape index (κ1) is 17.9. The van der Waals surface area contributed by atoms with Gasteiger partial charge in [-0.2, -0.15) is 4.31 Å². The molecule has 136 valence electrons. The van der Waals surface area contributed by atoms with Crippen molar-refractivity contribution in [3.8, 4) is 0 Å². The van der Waals surface area contributed by atoms with Crippen molar-refractivity contribution in [1.82, 2.24) is 9.62 Å². The number of nitrogens with one attached hydrogen (secondary N) is 1. The van der Waals surface area contributed by atoms with E-state index in [9.17, 15) is 23.1 Å². The smallest absolute Gasteiger partial charge is 0.309 e. The standard InChI is InChI=1S/C17H22N2O5S/c1-11-3-4-12(2)14(9-11)25(23,24)19-7-5-17(6-8-19)13(16(21)22)10-15(20)18-17/h3-4,9,13H,5-8,10H2,1-2H3,(H,18,20)(H,21,22)/t13-/m1/s1. The zero-order chi connectivity index (χ0) is 18.4. The van der Waals surface area contributed by atoms with Crippen molar-refractivity contribution in [3.05, 3.63) is 29.3 Å². The van der Waals surface area contributed by atoms with Gasteiger partial charge in [0.1, 0.15) is 0 Å². The van der Waals surface area contributed by atoms with E-state index in [0.29, 0.717) is 18.4 Å². The van der Waals surface area contributed by atoms with Crippen molar-refractivity contribution < 1.29 is 23.1 Å². The summed E-state index contributed by atoms with van der Waals surface area (Å²) in [5.74, 6) is -2.09. The van der Waals surface area contributed by atoms with Gasteiger partial charge in [0.15, 0.2) is 0 Å². The van der Waals surface area contributed by atoms with Gasteiger partial charge in [0.2, 0.25) is 15.9 Å². The molecular formula is C17H22N2O5S. The van der Waals surface area contributed by atoms with Crippen LogP contribution in [-0.2, 0) is 19.6 Å². The van der Waals surface area contributed by atoms with Crippen molar-refractivity contribution in [2.45, 2.75) is 43.5 Å². The van der Waals surface area contributed by atoms with E-state index in [1.54, 1.807) is 19.1 Å². The average Bonchev–Trinajstić information content (AvgIpc) is 2.86. The second-order valence-corrected chi connectivity index (χ2v) is 8.88. The molecule has 1 atom stereocenters. The van der Waals surface area contributed by atoms with Crippen LogP contribution in [0.5, 0.6) is 0 Å². The largest absolute Gasteiger partial charge is 0.481 e. The summed E-state index contributed by atoms with van der Waals surface area (Å²) in [6.07, 6.45) is 0.568. The lowest BCUT2D eigenvalue weighted by Crippen LogP contribution is -2.56. The fraction of sp³-hybridized carbons (Fsp3) is 0.529. The molecule has 2 N–H and O–H groups in total. The predicted octanol–water partition coefficient (Wildman–Crippen LogP) is 1.05. The number of nitrogens with zero attached hydrogens (tertiary/aromatic N) is 1. The summed E-state index contributed by atoms with van der Waals surface area (Å²) >= 11 is 0. The summed E-state index contributed by atoms with van der Waals surface area (Å²) in [5.41, 5.74) is 0.714. The second-order valence-electron chi connectivity index (χ2n) is 6.97. The number of amides is 1. The Morgan fingerprint density at radius 2 is 1.92 bits per heavy atom. The van der Waals surface area contributed by atoms with Crippen molar-refractivity contribution >= 4 is 21.9 Å². The monoisotopic (exact) mass is 366 g/mol. The maximum absolute atomic E-state index is 13.0. The first-order chi connectivity index (χ1) is 11.7. The molecule has 25 heavy (non-hydrogen) atoms. The van der Waals surface area contributed by atoms with Crippen LogP contribution in [0.4, 0.5) is 0 Å². The Labute approximate surface area is 147 Å². The number of carbonyl (C=O) groups is 2. The van der Waals surface area contributed by atoms with Crippen LogP contribution < -0.4 is 5.32 Å². The van der Waals surface area contributed by atoms with Gasteiger partial charge < -0.3 is 10.4 Å². The Hall–Kier alpha value is -1.93. The van der Waals surface area contributed by atoms with Gasteiger partial charge in [-0.1, -0.05) is 12.1 Å². The van der Waals surface area contributed by atoms with Gasteiger partial charge in [-0.3, -0.25) is 9.59 Å². The molecule has 8 heteroatoms. The highest BCUT2D eigenvalue weighted by Crippen LogP contribution is 2.38. The van der Waals surface area contributed by atoms with E-state index in [1.807, 2.05) is 13.0 Å². The molecule has 2 heterocycles. The summed E-state index contributed by atoms with van der Waals surface area (Å²) in [4.78, 5) is 23.5. The number of carboxylic acids is 1. The summed E-state index contributed by atoms with van der Waals surface area (Å²) in [6, 6.07) is 5.31. The van der Waals surface area contributed by atoms with Gasteiger partial charge in [-0.25, -0.2) is 8.42 Å². The summed E-state index contributed by atoms with van der Waals surface area (Å²) in [5, 5.41) is 12.2. The Bertz CT molecular complexity index is 825. The first-order valence-electron chi connectivity index (χ1n) is 8.27. The number of aryl methyl sites for hydroxylation is 2. The van der Waals surface area contributed by atoms with Crippen LogP contribution in [0.3, 0.4) is 0 Å². The molecule has 0 aliphatic carbocycles. The minimum atomic E-state index is -3.64. The molecule has 0 aromatic heterocycles. The van der Waals surface area contributed by atoms with E-state index in [4.69, 9.17) is 0 Å². The Morgan fingerprint density at radius 1 is 1.28 bits per heavy atom. The van der Waals surface area contributed by atoms with E-state index in [-0.39, 0.29) is 30.3 Å². The minimum absolute atomic E-state index is 0.0426. The lowest BCUT2D eigenvalue weighted by atomic mass is 9.78. The number of hydrogen-bond donors (Lipinski definition) is 2. The van der Waals surface area contributed by atoms with Crippen LogP contribution >= 0.6 is 0 Å². The van der Waals surface area contributed by atoms with Gasteiger partial charge >= 0.3 is 5.97 Å². The molecule has 0 saturated carbocycles. The van der Waals surface area contributed by atoms with Crippen molar-refractivity contribution in [1.29, 1.82) is 0 Å². The molecule has 7 nitrogen and oxygen atoms in total. The van der Waals surface area contributed by atoms with Gasteiger partial charge in [-0.15, -0.1) is 0 Å². The topological polar surface area (TPSA) is 104 Å². The SMILES string of the molecule is Cc1ccc(C)c(S(=O)(=O)N2CCC3(CC2)NC(=O)C[C@@H]3C(=O)O)c1. The third-order valence-electron chi connectivity index (χ3n) is 5.32. The molecule has 1 spiro atoms. The van der Waals surface area contributed by atoms with Crippen molar-refractivity contribution in [2.24, 2.45) is 5.92 Å². The maximum atomic E-state index is 13.0. The molecule has 0 unspecified atom stereocenters. The van der Waals surface area contributed by atoms with Crippen molar-refractivity contribution in [3.63, 3.8) is 0 Å². The zero-order valence-electron chi connectivity index (χ0n) is 14.3. The number of carbonyl (C=O) groups excluding carboxylic acids is 1. The quantitative estimate of drug-likeness (QED) is 0.832. The third kappa shape index (κ3) is 3.04. The molecule has 3 rings (SSSR count). The number of piperidine rings is 1. The first-order valence-corrected chi connectivity index (χ1v) is 9.71. The fourth-order valence-electron chi connectivity index (χ4n) is 3.84. The molecule has 2 fully saturated rings. The van der Waals surface area contributed by atoms with Gasteiger partial charge in [0.05, 0.1) is 16.4 Å². The van der Waals surface area contributed by atoms with E-state index >= 15 is 0 Å². The third-order valence-corrected chi connectivity index (χ3v) is 7.36. The molecule has 1 aromatic rings. The molecule has 2 aliphatic rings. The van der Waals surface area contributed by atoms with Crippen LogP contribution in [0.15, 0.2) is 23.1 Å². The second kappa shape index (κ2) is 6.10. The van der Waals surface area contributed by atoms with Crippen LogP contribution in [0.1, 0.15) is 30.4 Å². The van der Waals surface area contributed by atoms with Gasteiger partial charge in [0, 0.05) is 19.5 Å². The van der Waals surface area contributed by atoms with Gasteiger partial charge in [0.25, 0.3) is 0 Å². The highest BCUT2D eigenvalue weighted by Gasteiger charge is 2.52. The van der Waals surface area contributed by atoms with E-state index in [0.717, 1.165) is 5.56 Å². The van der Waals surface area contributed by atoms with Gasteiger partial charge in [-0.05, 0) is 43.9 Å². The molecule has 1 amide bonds. The number of carboxylic acid groups (broad SMARTS) is 1. The van der Waals surface area contributed by atoms with Crippen LogP contribution in [0.2, 0.25) is 0 Å². The lowest BCUT2D eigenvalue weighted by Gasteiger charge is -2.40. The zero-order valence-corrected chi connectivity index (χ0v) is 15.1. The summed E-state index contributed by atoms with van der Waals surface area (Å²) < 4.78 is 27.3. The number of benzene rings is 1. The highest BCUT2D eigenvalue weighted by atomic mass is 32.2. The predicted molar refractivity (Wildman–Crippen MR) is 90.5 cm³/mol. The Balaban J connectivity index is 1.83. The molecule has 0 bridgehead atoms. The molecule has 2 saturated heterocycles. The molecule has 1 aromatic carbocycles. The van der Waals surface area contributed by atoms with Crippen LogP contribution in [0.25, 0.3) is 0 Å². The number of hydrogen-bond acceptors (Lipinski definition) is 4. The minimum Gasteiger partial charge on any atom is -0.481 e. The van der Waals surface area contributed by atoms with Crippen molar-refractivity contribution in [2.75, 3.05) is 13.1 Å².